The number of ketones is 1. The maximum atomic E-state index is 13.9. The van der Waals surface area contributed by atoms with Gasteiger partial charge in [-0.1, -0.05) is 30.3 Å². The molecule has 0 unspecified atom stereocenters. The summed E-state index contributed by atoms with van der Waals surface area (Å²) in [6.07, 6.45) is -4.30. The third kappa shape index (κ3) is 4.36. The number of hydrogen-bond donors (Lipinski definition) is 1. The number of rotatable bonds is 4. The molecule has 0 spiro atoms. The smallest absolute Gasteiger partial charge is 0.416 e. The van der Waals surface area contributed by atoms with Crippen LogP contribution in [0.5, 0.6) is 0 Å². The molecular formula is C26H23F4NO3. The molecule has 2 atom stereocenters. The largest absolute Gasteiger partial charge is 0.463 e. The van der Waals surface area contributed by atoms with Crippen molar-refractivity contribution in [1.29, 1.82) is 0 Å². The topological polar surface area (TPSA) is 55.4 Å². The minimum atomic E-state index is -4.68. The predicted molar refractivity (Wildman–Crippen MR) is 117 cm³/mol. The van der Waals surface area contributed by atoms with Crippen molar-refractivity contribution in [3.63, 3.8) is 0 Å². The van der Waals surface area contributed by atoms with Crippen molar-refractivity contribution in [2.75, 3.05) is 6.61 Å². The second-order valence-electron chi connectivity index (χ2n) is 8.37. The number of ether oxygens (including phenoxy) is 1. The van der Waals surface area contributed by atoms with Crippen LogP contribution in [0.1, 0.15) is 55.2 Å². The lowest BCUT2D eigenvalue weighted by atomic mass is 9.71. The molecule has 0 fully saturated rings. The highest BCUT2D eigenvalue weighted by molar-refractivity contribution is 6.04. The Balaban J connectivity index is 1.87. The molecule has 0 bridgehead atoms. The quantitative estimate of drug-likeness (QED) is 0.453. The zero-order valence-corrected chi connectivity index (χ0v) is 18.6. The Hall–Kier alpha value is -3.42. The highest BCUT2D eigenvalue weighted by atomic mass is 19.4. The molecule has 0 amide bonds. The van der Waals surface area contributed by atoms with E-state index in [0.717, 1.165) is 11.6 Å². The lowest BCUT2D eigenvalue weighted by Gasteiger charge is -2.37. The van der Waals surface area contributed by atoms with Crippen LogP contribution in [0.2, 0.25) is 0 Å². The number of allylic oxidation sites excluding steroid dienone is 3. The van der Waals surface area contributed by atoms with Gasteiger partial charge in [0.2, 0.25) is 0 Å². The number of esters is 1. The molecule has 2 aromatic carbocycles. The molecule has 178 valence electrons. The Morgan fingerprint density at radius 1 is 1.09 bits per heavy atom. The molecule has 4 nitrogen and oxygen atoms in total. The van der Waals surface area contributed by atoms with E-state index in [1.807, 2.05) is 0 Å². The van der Waals surface area contributed by atoms with Crippen LogP contribution >= 0.6 is 0 Å². The standard InChI is InChI=1S/C26H23F4NO3/c1-3-34-25(33)22-14(2)31-20-12-16(15-8-10-17(27)11-9-15)13-21(32)24(20)23(22)18-6-4-5-7-19(18)26(28,29)30/h4-11,16,23,31H,3,12-13H2,1-2H3/t16-,23-/m1/s1. The van der Waals surface area contributed by atoms with Crippen LogP contribution in [0.15, 0.2) is 71.1 Å². The summed E-state index contributed by atoms with van der Waals surface area (Å²) in [5, 5.41) is 3.09. The van der Waals surface area contributed by atoms with Crippen molar-refractivity contribution in [2.45, 2.75) is 44.7 Å². The van der Waals surface area contributed by atoms with Crippen LogP contribution in [-0.2, 0) is 20.5 Å². The minimum absolute atomic E-state index is 0.00844. The normalized spacial score (nSPS) is 20.7. The number of benzene rings is 2. The average molecular weight is 473 g/mol. The molecule has 2 aliphatic rings. The van der Waals surface area contributed by atoms with Gasteiger partial charge in [0.05, 0.1) is 17.7 Å². The Morgan fingerprint density at radius 3 is 2.41 bits per heavy atom. The SMILES string of the molecule is CCOC(=O)C1=C(C)NC2=C(C(=O)C[C@H](c3ccc(F)cc3)C2)[C@@H]1c1ccccc1C(F)(F)F. The molecule has 0 aromatic heterocycles. The fraction of sp³-hybridized carbons (Fsp3) is 0.308. The van der Waals surface area contributed by atoms with Crippen molar-refractivity contribution >= 4 is 11.8 Å². The molecule has 4 rings (SSSR count). The van der Waals surface area contributed by atoms with Crippen molar-refractivity contribution in [3.8, 4) is 0 Å². The fourth-order valence-electron chi connectivity index (χ4n) is 4.81. The number of nitrogens with one attached hydrogen (secondary N) is 1. The first-order valence-electron chi connectivity index (χ1n) is 10.9. The van der Waals surface area contributed by atoms with Gasteiger partial charge in [-0.15, -0.1) is 0 Å². The van der Waals surface area contributed by atoms with Gasteiger partial charge in [0.25, 0.3) is 0 Å². The van der Waals surface area contributed by atoms with Crippen LogP contribution in [0.4, 0.5) is 17.6 Å². The highest BCUT2D eigenvalue weighted by Gasteiger charge is 2.45. The highest BCUT2D eigenvalue weighted by Crippen LogP contribution is 2.48. The summed E-state index contributed by atoms with van der Waals surface area (Å²) in [6.45, 7) is 3.23. The lowest BCUT2D eigenvalue weighted by Crippen LogP contribution is -2.36. The van der Waals surface area contributed by atoms with E-state index in [1.54, 1.807) is 26.0 Å². The van der Waals surface area contributed by atoms with E-state index in [-0.39, 0.29) is 41.4 Å². The van der Waals surface area contributed by atoms with Crippen LogP contribution in [0.3, 0.4) is 0 Å². The summed E-state index contributed by atoms with van der Waals surface area (Å²) >= 11 is 0. The Morgan fingerprint density at radius 2 is 1.76 bits per heavy atom. The number of carbonyl (C=O) groups excluding carboxylic acids is 2. The first-order chi connectivity index (χ1) is 16.1. The van der Waals surface area contributed by atoms with E-state index in [2.05, 4.69) is 5.32 Å². The van der Waals surface area contributed by atoms with Crippen molar-refractivity contribution < 1.29 is 31.9 Å². The Kier molecular flexibility index (Phi) is 6.34. The minimum Gasteiger partial charge on any atom is -0.463 e. The molecule has 34 heavy (non-hydrogen) atoms. The number of Topliss-reactive ketones (excluding diaryl/α,β-unsaturated/α-hetero) is 1. The van der Waals surface area contributed by atoms with Gasteiger partial charge in [0.1, 0.15) is 5.82 Å². The molecule has 0 radical (unpaired) electrons. The number of hydrogen-bond acceptors (Lipinski definition) is 4. The predicted octanol–water partition coefficient (Wildman–Crippen LogP) is 5.77. The maximum Gasteiger partial charge on any atom is 0.416 e. The van der Waals surface area contributed by atoms with Gasteiger partial charge in [-0.3, -0.25) is 4.79 Å². The van der Waals surface area contributed by atoms with Crippen LogP contribution in [0.25, 0.3) is 0 Å². The maximum absolute atomic E-state index is 13.9. The van der Waals surface area contributed by atoms with E-state index in [4.69, 9.17) is 4.74 Å². The lowest BCUT2D eigenvalue weighted by molar-refractivity contribution is -0.140. The van der Waals surface area contributed by atoms with Gasteiger partial charge in [0.15, 0.2) is 5.78 Å². The molecule has 8 heteroatoms. The molecule has 1 aliphatic heterocycles. The number of halogens is 4. The summed E-state index contributed by atoms with van der Waals surface area (Å²) in [6, 6.07) is 10.8. The molecular weight excluding hydrogens is 450 g/mol. The summed E-state index contributed by atoms with van der Waals surface area (Å²) in [5.41, 5.74) is 0.629. The van der Waals surface area contributed by atoms with E-state index in [1.165, 1.54) is 30.3 Å². The van der Waals surface area contributed by atoms with Gasteiger partial charge in [-0.25, -0.2) is 9.18 Å². The van der Waals surface area contributed by atoms with Gasteiger partial charge < -0.3 is 10.1 Å². The van der Waals surface area contributed by atoms with Gasteiger partial charge in [-0.05, 0) is 55.5 Å². The zero-order chi connectivity index (χ0) is 24.6. The van der Waals surface area contributed by atoms with E-state index >= 15 is 0 Å². The average Bonchev–Trinajstić information content (AvgIpc) is 2.78. The van der Waals surface area contributed by atoms with Crippen molar-refractivity contribution in [2.24, 2.45) is 0 Å². The first kappa shape index (κ1) is 23.7. The van der Waals surface area contributed by atoms with E-state index < -0.39 is 29.4 Å². The summed E-state index contributed by atoms with van der Waals surface area (Å²) in [5.74, 6) is -3.01. The molecule has 1 N–H and O–H groups in total. The number of alkyl halides is 3. The summed E-state index contributed by atoms with van der Waals surface area (Å²) in [7, 11) is 0. The van der Waals surface area contributed by atoms with Crippen LogP contribution in [-0.4, -0.2) is 18.4 Å². The molecule has 1 heterocycles. The molecule has 0 saturated heterocycles. The summed E-state index contributed by atoms with van der Waals surface area (Å²) < 4.78 is 60.3. The van der Waals surface area contributed by atoms with E-state index in [9.17, 15) is 27.2 Å². The zero-order valence-electron chi connectivity index (χ0n) is 18.6. The molecule has 0 saturated carbocycles. The first-order valence-corrected chi connectivity index (χ1v) is 10.9. The Bertz CT molecular complexity index is 1200. The van der Waals surface area contributed by atoms with E-state index in [0.29, 0.717) is 17.8 Å². The van der Waals surface area contributed by atoms with Crippen LogP contribution in [0, 0.1) is 5.82 Å². The van der Waals surface area contributed by atoms with Gasteiger partial charge in [0, 0.05) is 29.3 Å². The third-order valence-electron chi connectivity index (χ3n) is 6.24. The van der Waals surface area contributed by atoms with Crippen molar-refractivity contribution in [1.82, 2.24) is 5.32 Å². The summed E-state index contributed by atoms with van der Waals surface area (Å²) in [4.78, 5) is 26.3. The monoisotopic (exact) mass is 473 g/mol. The van der Waals surface area contributed by atoms with Crippen molar-refractivity contribution in [3.05, 3.63) is 93.6 Å². The fourth-order valence-corrected chi connectivity index (χ4v) is 4.81. The second-order valence-corrected chi connectivity index (χ2v) is 8.37. The van der Waals surface area contributed by atoms with Gasteiger partial charge >= 0.3 is 12.1 Å². The number of carbonyl (C=O) groups is 2. The number of dihydropyridines is 1. The van der Waals surface area contributed by atoms with Crippen LogP contribution < -0.4 is 5.32 Å². The molecule has 2 aromatic rings. The second kappa shape index (κ2) is 9.08. The third-order valence-corrected chi connectivity index (χ3v) is 6.24. The van der Waals surface area contributed by atoms with Gasteiger partial charge in [-0.2, -0.15) is 13.2 Å². The molecule has 1 aliphatic carbocycles. The Labute approximate surface area is 194 Å².